The van der Waals surface area contributed by atoms with Gasteiger partial charge in [0.1, 0.15) is 5.54 Å². The summed E-state index contributed by atoms with van der Waals surface area (Å²) in [6.45, 7) is 4.09. The summed E-state index contributed by atoms with van der Waals surface area (Å²) in [5.74, 6) is -0.889. The van der Waals surface area contributed by atoms with Gasteiger partial charge in [-0.3, -0.25) is 5.32 Å². The standard InChI is InChI=1S/C18H19NO2/c1-2-13-19-18(17(20)21,16-11-7-4-8-12-16)14-15-9-5-3-6-10-15/h2-12,19H,1,13-14H2,(H,20,21). The topological polar surface area (TPSA) is 49.3 Å². The van der Waals surface area contributed by atoms with Crippen LogP contribution in [0.4, 0.5) is 0 Å². The summed E-state index contributed by atoms with van der Waals surface area (Å²) in [5.41, 5.74) is 0.556. The monoisotopic (exact) mass is 281 g/mol. The number of nitrogens with one attached hydrogen (secondary N) is 1. The largest absolute Gasteiger partial charge is 0.480 e. The highest BCUT2D eigenvalue weighted by Gasteiger charge is 2.39. The molecule has 0 bridgehead atoms. The molecule has 3 nitrogen and oxygen atoms in total. The summed E-state index contributed by atoms with van der Waals surface area (Å²) in [7, 11) is 0. The molecular formula is C18H19NO2. The minimum absolute atomic E-state index is 0.376. The number of carboxylic acids is 1. The summed E-state index contributed by atoms with van der Waals surface area (Å²) in [5, 5.41) is 13.0. The van der Waals surface area contributed by atoms with Crippen LogP contribution in [0, 0.1) is 0 Å². The third kappa shape index (κ3) is 3.38. The maximum Gasteiger partial charge on any atom is 0.328 e. The van der Waals surface area contributed by atoms with Gasteiger partial charge in [-0.2, -0.15) is 0 Å². The molecule has 0 radical (unpaired) electrons. The number of benzene rings is 2. The van der Waals surface area contributed by atoms with Crippen LogP contribution in [-0.2, 0) is 16.8 Å². The van der Waals surface area contributed by atoms with E-state index in [1.165, 1.54) is 0 Å². The molecule has 1 unspecified atom stereocenters. The summed E-state index contributed by atoms with van der Waals surface area (Å²) in [6, 6.07) is 18.9. The Morgan fingerprint density at radius 1 is 1.10 bits per heavy atom. The molecule has 0 aliphatic heterocycles. The lowest BCUT2D eigenvalue weighted by Gasteiger charge is -2.31. The van der Waals surface area contributed by atoms with Gasteiger partial charge in [0, 0.05) is 13.0 Å². The second-order valence-electron chi connectivity index (χ2n) is 4.91. The van der Waals surface area contributed by atoms with E-state index in [0.29, 0.717) is 13.0 Å². The van der Waals surface area contributed by atoms with E-state index in [2.05, 4.69) is 11.9 Å². The molecule has 0 fully saturated rings. The van der Waals surface area contributed by atoms with Crippen molar-refractivity contribution in [3.63, 3.8) is 0 Å². The quantitative estimate of drug-likeness (QED) is 0.767. The van der Waals surface area contributed by atoms with E-state index in [4.69, 9.17) is 0 Å². The zero-order valence-electron chi connectivity index (χ0n) is 11.8. The van der Waals surface area contributed by atoms with Crippen LogP contribution in [0.1, 0.15) is 11.1 Å². The second-order valence-corrected chi connectivity index (χ2v) is 4.91. The first kappa shape index (κ1) is 15.0. The number of hydrogen-bond acceptors (Lipinski definition) is 2. The van der Waals surface area contributed by atoms with Crippen molar-refractivity contribution in [2.45, 2.75) is 12.0 Å². The smallest absolute Gasteiger partial charge is 0.328 e. The first-order chi connectivity index (χ1) is 10.2. The second kappa shape index (κ2) is 6.86. The third-order valence-electron chi connectivity index (χ3n) is 3.49. The first-order valence-corrected chi connectivity index (χ1v) is 6.88. The molecule has 0 aromatic heterocycles. The van der Waals surface area contributed by atoms with Crippen LogP contribution in [0.3, 0.4) is 0 Å². The van der Waals surface area contributed by atoms with Crippen LogP contribution in [0.25, 0.3) is 0 Å². The SMILES string of the molecule is C=CCNC(Cc1ccccc1)(C(=O)O)c1ccccc1. The molecular weight excluding hydrogens is 262 g/mol. The Labute approximate surface area is 124 Å². The van der Waals surface area contributed by atoms with Crippen molar-refractivity contribution in [2.75, 3.05) is 6.54 Å². The van der Waals surface area contributed by atoms with Crippen molar-refractivity contribution >= 4 is 5.97 Å². The summed E-state index contributed by atoms with van der Waals surface area (Å²) >= 11 is 0. The maximum atomic E-state index is 12.0. The Hall–Kier alpha value is -2.39. The van der Waals surface area contributed by atoms with Gasteiger partial charge in [0.25, 0.3) is 0 Å². The van der Waals surface area contributed by atoms with Crippen LogP contribution in [-0.4, -0.2) is 17.6 Å². The predicted octanol–water partition coefficient (Wildman–Crippen LogP) is 2.98. The minimum Gasteiger partial charge on any atom is -0.480 e. The van der Waals surface area contributed by atoms with Crippen molar-refractivity contribution in [1.82, 2.24) is 5.32 Å². The molecule has 3 heteroatoms. The summed E-state index contributed by atoms with van der Waals surface area (Å²) in [4.78, 5) is 12.0. The Morgan fingerprint density at radius 2 is 1.67 bits per heavy atom. The number of aliphatic carboxylic acids is 1. The van der Waals surface area contributed by atoms with Gasteiger partial charge in [0.2, 0.25) is 0 Å². The summed E-state index contributed by atoms with van der Waals surface area (Å²) in [6.07, 6.45) is 2.05. The lowest BCUT2D eigenvalue weighted by Crippen LogP contribution is -2.51. The van der Waals surface area contributed by atoms with Gasteiger partial charge in [-0.05, 0) is 11.1 Å². The van der Waals surface area contributed by atoms with Gasteiger partial charge in [-0.25, -0.2) is 4.79 Å². The zero-order chi connectivity index (χ0) is 15.1. The minimum atomic E-state index is -1.16. The van der Waals surface area contributed by atoms with Gasteiger partial charge in [-0.15, -0.1) is 6.58 Å². The highest BCUT2D eigenvalue weighted by Crippen LogP contribution is 2.26. The fourth-order valence-electron chi connectivity index (χ4n) is 2.41. The van der Waals surface area contributed by atoms with Crippen LogP contribution in [0.5, 0.6) is 0 Å². The van der Waals surface area contributed by atoms with Crippen molar-refractivity contribution in [1.29, 1.82) is 0 Å². The molecule has 108 valence electrons. The van der Waals surface area contributed by atoms with E-state index in [0.717, 1.165) is 11.1 Å². The lowest BCUT2D eigenvalue weighted by molar-refractivity contribution is -0.145. The molecule has 0 amide bonds. The fraction of sp³-hybridized carbons (Fsp3) is 0.167. The molecule has 2 N–H and O–H groups in total. The molecule has 0 saturated carbocycles. The number of rotatable bonds is 7. The highest BCUT2D eigenvalue weighted by molar-refractivity contribution is 5.81. The molecule has 2 aromatic carbocycles. The number of carbonyl (C=O) groups is 1. The van der Waals surface area contributed by atoms with Gasteiger partial charge in [0.15, 0.2) is 0 Å². The Morgan fingerprint density at radius 3 is 2.19 bits per heavy atom. The van der Waals surface area contributed by atoms with Gasteiger partial charge in [-0.1, -0.05) is 66.7 Å². The highest BCUT2D eigenvalue weighted by atomic mass is 16.4. The van der Waals surface area contributed by atoms with E-state index in [9.17, 15) is 9.90 Å². The van der Waals surface area contributed by atoms with Gasteiger partial charge < -0.3 is 5.11 Å². The first-order valence-electron chi connectivity index (χ1n) is 6.88. The molecule has 0 spiro atoms. The zero-order valence-corrected chi connectivity index (χ0v) is 11.8. The molecule has 0 saturated heterocycles. The number of hydrogen-bond donors (Lipinski definition) is 2. The molecule has 0 aliphatic rings. The average Bonchev–Trinajstić information content (AvgIpc) is 2.53. The van der Waals surface area contributed by atoms with Crippen LogP contribution < -0.4 is 5.32 Å². The fourth-order valence-corrected chi connectivity index (χ4v) is 2.41. The van der Waals surface area contributed by atoms with Crippen molar-refractivity contribution < 1.29 is 9.90 Å². The van der Waals surface area contributed by atoms with Crippen LogP contribution in [0.2, 0.25) is 0 Å². The van der Waals surface area contributed by atoms with Crippen molar-refractivity contribution in [3.8, 4) is 0 Å². The third-order valence-corrected chi connectivity index (χ3v) is 3.49. The Balaban J connectivity index is 2.45. The van der Waals surface area contributed by atoms with Crippen molar-refractivity contribution in [2.24, 2.45) is 0 Å². The molecule has 0 heterocycles. The van der Waals surface area contributed by atoms with E-state index >= 15 is 0 Å². The van der Waals surface area contributed by atoms with Gasteiger partial charge >= 0.3 is 5.97 Å². The van der Waals surface area contributed by atoms with E-state index < -0.39 is 11.5 Å². The predicted molar refractivity (Wildman–Crippen MR) is 84.1 cm³/mol. The van der Waals surface area contributed by atoms with Crippen LogP contribution >= 0.6 is 0 Å². The Kier molecular flexibility index (Phi) is 4.90. The molecule has 2 aromatic rings. The maximum absolute atomic E-state index is 12.0. The van der Waals surface area contributed by atoms with E-state index in [-0.39, 0.29) is 0 Å². The molecule has 21 heavy (non-hydrogen) atoms. The normalized spacial score (nSPS) is 13.3. The molecule has 2 rings (SSSR count). The Bertz CT molecular complexity index is 595. The van der Waals surface area contributed by atoms with E-state index in [1.807, 2.05) is 60.7 Å². The average molecular weight is 281 g/mol. The van der Waals surface area contributed by atoms with Crippen LogP contribution in [0.15, 0.2) is 73.3 Å². The van der Waals surface area contributed by atoms with E-state index in [1.54, 1.807) is 6.08 Å². The van der Waals surface area contributed by atoms with Gasteiger partial charge in [0.05, 0.1) is 0 Å². The molecule has 1 atom stereocenters. The molecule has 0 aliphatic carbocycles. The number of carboxylic acid groups (broad SMARTS) is 1. The van der Waals surface area contributed by atoms with Crippen molar-refractivity contribution in [3.05, 3.63) is 84.4 Å². The summed E-state index contributed by atoms with van der Waals surface area (Å²) < 4.78 is 0. The lowest BCUT2D eigenvalue weighted by atomic mass is 9.83.